The first-order valence-electron chi connectivity index (χ1n) is 7.38. The zero-order valence-electron chi connectivity index (χ0n) is 11.3. The molecule has 1 saturated heterocycles. The van der Waals surface area contributed by atoms with Crippen LogP contribution in [0, 0.1) is 0 Å². The maximum atomic E-state index is 6.26. The largest absolute Gasteiger partial charge is 0.344 e. The molecule has 2 unspecified atom stereocenters. The Kier molecular flexibility index (Phi) is 1.46. The molecule has 0 aromatic heterocycles. The Hall–Kier alpha value is -2.38. The standard InChI is InChI=1S/C20H12O/c1-2-11-20-16-9-8-14-5-3-4-13-6-7-15(18(16)17(13)14)12-19(20,10-1)21-20/h1-12H. The Balaban J connectivity index is 1.93. The van der Waals surface area contributed by atoms with Crippen molar-refractivity contribution < 1.29 is 4.74 Å². The van der Waals surface area contributed by atoms with Gasteiger partial charge in [-0.05, 0) is 50.6 Å². The molecule has 3 aromatic carbocycles. The highest BCUT2D eigenvalue weighted by Crippen LogP contribution is 2.62. The molecule has 98 valence electrons. The van der Waals surface area contributed by atoms with E-state index in [0.717, 1.165) is 0 Å². The van der Waals surface area contributed by atoms with Crippen molar-refractivity contribution in [3.63, 3.8) is 0 Å². The molecular weight excluding hydrogens is 256 g/mol. The molecule has 1 heterocycles. The molecule has 0 bridgehead atoms. The van der Waals surface area contributed by atoms with E-state index in [4.69, 9.17) is 4.74 Å². The van der Waals surface area contributed by atoms with Gasteiger partial charge in [0, 0.05) is 0 Å². The van der Waals surface area contributed by atoms with Gasteiger partial charge in [0.05, 0.1) is 0 Å². The van der Waals surface area contributed by atoms with E-state index >= 15 is 0 Å². The van der Waals surface area contributed by atoms with Crippen LogP contribution in [0.4, 0.5) is 0 Å². The number of hydrogen-bond donors (Lipinski definition) is 0. The average molecular weight is 268 g/mol. The summed E-state index contributed by atoms with van der Waals surface area (Å²) in [6, 6.07) is 15.4. The number of allylic oxidation sites excluding steroid dienone is 2. The minimum atomic E-state index is -0.271. The number of rotatable bonds is 0. The van der Waals surface area contributed by atoms with Crippen LogP contribution < -0.4 is 5.22 Å². The van der Waals surface area contributed by atoms with Crippen LogP contribution in [0.5, 0.6) is 0 Å². The van der Waals surface area contributed by atoms with E-state index in [1.165, 1.54) is 32.3 Å². The van der Waals surface area contributed by atoms with Crippen LogP contribution in [-0.4, -0.2) is 5.60 Å². The molecule has 2 aliphatic carbocycles. The Labute approximate surface area is 121 Å². The van der Waals surface area contributed by atoms with Crippen LogP contribution in [0.15, 0.2) is 66.8 Å². The summed E-state index contributed by atoms with van der Waals surface area (Å²) >= 11 is 0. The predicted octanol–water partition coefficient (Wildman–Crippen LogP) is 3.60. The molecule has 3 aromatic rings. The Morgan fingerprint density at radius 2 is 1.57 bits per heavy atom. The van der Waals surface area contributed by atoms with Gasteiger partial charge in [-0.25, -0.2) is 0 Å². The summed E-state index contributed by atoms with van der Waals surface area (Å²) in [6.45, 7) is 0. The lowest BCUT2D eigenvalue weighted by molar-refractivity contribution is 0.334. The molecule has 1 aliphatic heterocycles. The third-order valence-electron chi connectivity index (χ3n) is 5.23. The fraction of sp³-hybridized carbons (Fsp3) is 0.100. The second-order valence-corrected chi connectivity index (χ2v) is 6.22. The number of benzene rings is 3. The van der Waals surface area contributed by atoms with Crippen LogP contribution in [0.1, 0.15) is 5.56 Å². The van der Waals surface area contributed by atoms with Crippen LogP contribution in [0.3, 0.4) is 0 Å². The van der Waals surface area contributed by atoms with Crippen molar-refractivity contribution in [2.45, 2.75) is 11.2 Å². The first-order chi connectivity index (χ1) is 10.3. The molecule has 0 saturated carbocycles. The normalized spacial score (nSPS) is 31.0. The Bertz CT molecular complexity index is 1060. The smallest absolute Gasteiger partial charge is 0.150 e. The van der Waals surface area contributed by atoms with Gasteiger partial charge in [0.25, 0.3) is 0 Å². The highest BCUT2D eigenvalue weighted by Gasteiger charge is 2.69. The van der Waals surface area contributed by atoms with Gasteiger partial charge in [0.1, 0.15) is 5.60 Å². The van der Waals surface area contributed by atoms with E-state index in [0.29, 0.717) is 0 Å². The predicted molar refractivity (Wildman–Crippen MR) is 84.9 cm³/mol. The lowest BCUT2D eigenvalue weighted by Gasteiger charge is -2.22. The summed E-state index contributed by atoms with van der Waals surface area (Å²) in [5.74, 6) is 0. The zero-order valence-corrected chi connectivity index (χ0v) is 11.3. The quantitative estimate of drug-likeness (QED) is 0.568. The Morgan fingerprint density at radius 3 is 2.48 bits per heavy atom. The van der Waals surface area contributed by atoms with Gasteiger partial charge >= 0.3 is 0 Å². The zero-order chi connectivity index (χ0) is 13.7. The maximum Gasteiger partial charge on any atom is 0.150 e. The van der Waals surface area contributed by atoms with Gasteiger partial charge in [0.2, 0.25) is 0 Å². The first kappa shape index (κ1) is 10.4. The van der Waals surface area contributed by atoms with Crippen molar-refractivity contribution in [1.29, 1.82) is 0 Å². The lowest BCUT2D eigenvalue weighted by Crippen LogP contribution is -2.28. The minimum absolute atomic E-state index is 0.256. The number of ether oxygens (including phenoxy) is 1. The third-order valence-corrected chi connectivity index (χ3v) is 5.23. The van der Waals surface area contributed by atoms with Gasteiger partial charge in [-0.3, -0.25) is 0 Å². The maximum absolute atomic E-state index is 6.26. The molecule has 21 heavy (non-hydrogen) atoms. The number of hydrogen-bond acceptors (Lipinski definition) is 1. The van der Waals surface area contributed by atoms with E-state index in [-0.39, 0.29) is 11.2 Å². The highest BCUT2D eigenvalue weighted by atomic mass is 16.6. The number of epoxide rings is 1. The fourth-order valence-electron chi connectivity index (χ4n) is 4.26. The summed E-state index contributed by atoms with van der Waals surface area (Å²) in [5.41, 5.74) is 0.784. The Morgan fingerprint density at radius 1 is 0.762 bits per heavy atom. The lowest BCUT2D eigenvalue weighted by atomic mass is 9.76. The van der Waals surface area contributed by atoms with Crippen molar-refractivity contribution in [2.75, 3.05) is 0 Å². The molecule has 0 amide bonds. The van der Waals surface area contributed by atoms with Crippen LogP contribution in [0.25, 0.3) is 27.6 Å². The summed E-state index contributed by atoms with van der Waals surface area (Å²) in [5, 5.41) is 6.63. The third kappa shape index (κ3) is 0.969. The van der Waals surface area contributed by atoms with Crippen molar-refractivity contribution in [1.82, 2.24) is 0 Å². The van der Waals surface area contributed by atoms with Gasteiger partial charge in [-0.1, -0.05) is 54.6 Å². The fourth-order valence-corrected chi connectivity index (χ4v) is 4.26. The minimum Gasteiger partial charge on any atom is -0.344 e. The van der Waals surface area contributed by atoms with Crippen LogP contribution in [0.2, 0.25) is 0 Å². The van der Waals surface area contributed by atoms with Crippen molar-refractivity contribution >= 4 is 27.6 Å². The van der Waals surface area contributed by atoms with Gasteiger partial charge < -0.3 is 4.74 Å². The molecular formula is C20H12O. The molecule has 3 aliphatic rings. The average Bonchev–Trinajstić information content (AvgIpc) is 3.22. The van der Waals surface area contributed by atoms with Crippen LogP contribution in [-0.2, 0) is 10.3 Å². The van der Waals surface area contributed by atoms with Crippen molar-refractivity contribution in [2.24, 2.45) is 0 Å². The van der Waals surface area contributed by atoms with Crippen molar-refractivity contribution in [3.8, 4) is 0 Å². The van der Waals surface area contributed by atoms with E-state index in [1.807, 2.05) is 0 Å². The van der Waals surface area contributed by atoms with E-state index in [2.05, 4.69) is 72.8 Å². The molecule has 0 spiro atoms. The summed E-state index contributed by atoms with van der Waals surface area (Å²) in [4.78, 5) is 0. The molecule has 0 radical (unpaired) electrons. The molecule has 0 N–H and O–H groups in total. The highest BCUT2D eigenvalue weighted by molar-refractivity contribution is 6.12. The van der Waals surface area contributed by atoms with Gasteiger partial charge in [-0.2, -0.15) is 0 Å². The molecule has 1 fully saturated rings. The van der Waals surface area contributed by atoms with E-state index in [9.17, 15) is 0 Å². The molecule has 2 atom stereocenters. The first-order valence-corrected chi connectivity index (χ1v) is 7.38. The summed E-state index contributed by atoms with van der Waals surface area (Å²) < 4.78 is 6.26. The second-order valence-electron chi connectivity index (χ2n) is 6.22. The molecule has 6 rings (SSSR count). The van der Waals surface area contributed by atoms with Crippen molar-refractivity contribution in [3.05, 3.63) is 77.6 Å². The van der Waals surface area contributed by atoms with Gasteiger partial charge in [0.15, 0.2) is 5.60 Å². The van der Waals surface area contributed by atoms with E-state index < -0.39 is 0 Å². The summed E-state index contributed by atoms with van der Waals surface area (Å²) in [7, 11) is 0. The topological polar surface area (TPSA) is 12.5 Å². The van der Waals surface area contributed by atoms with Crippen LogP contribution >= 0.6 is 0 Å². The summed E-state index contributed by atoms with van der Waals surface area (Å²) in [6.07, 6.45) is 10.9. The van der Waals surface area contributed by atoms with E-state index in [1.54, 1.807) is 0 Å². The molecule has 1 nitrogen and oxygen atoms in total. The second kappa shape index (κ2) is 2.95. The molecule has 1 heteroatoms. The SMILES string of the molecule is C1=CC23C=c4ccc5cccc6ccc(c4c65)C2(C=C1)O3. The monoisotopic (exact) mass is 268 g/mol. The van der Waals surface area contributed by atoms with Gasteiger partial charge in [-0.15, -0.1) is 0 Å².